The molecule has 2 rings (SSSR count). The molecule has 1 N–H and O–H groups in total. The van der Waals surface area contributed by atoms with Gasteiger partial charge in [0, 0.05) is 5.56 Å². The third-order valence-corrected chi connectivity index (χ3v) is 3.82. The van der Waals surface area contributed by atoms with Gasteiger partial charge < -0.3 is 5.32 Å². The maximum Gasteiger partial charge on any atom is 0.149 e. The molecular weight excluding hydrogens is 242 g/mol. The Balaban J connectivity index is 2.35. The monoisotopic (exact) mass is 253 g/mol. The van der Waals surface area contributed by atoms with Gasteiger partial charge in [0.2, 0.25) is 0 Å². The summed E-state index contributed by atoms with van der Waals surface area (Å²) in [5.41, 5.74) is 0.941. The predicted molar refractivity (Wildman–Crippen MR) is 67.8 cm³/mol. The van der Waals surface area contributed by atoms with Gasteiger partial charge in [-0.2, -0.15) is 0 Å². The summed E-state index contributed by atoms with van der Waals surface area (Å²) in [6.07, 6.45) is 0. The van der Waals surface area contributed by atoms with Crippen molar-refractivity contribution in [2.24, 2.45) is 0 Å². The highest BCUT2D eigenvalue weighted by Gasteiger charge is 2.12. The van der Waals surface area contributed by atoms with Crippen LogP contribution in [0.25, 0.3) is 10.6 Å². The molecule has 0 radical (unpaired) electrons. The molecule has 2 aromatic rings. The van der Waals surface area contributed by atoms with E-state index >= 15 is 0 Å². The van der Waals surface area contributed by atoms with E-state index in [1.165, 1.54) is 0 Å². The van der Waals surface area contributed by atoms with Gasteiger partial charge in [0.15, 0.2) is 0 Å². The summed E-state index contributed by atoms with van der Waals surface area (Å²) < 4.78 is 0. The zero-order valence-electron chi connectivity index (χ0n) is 9.07. The third kappa shape index (κ3) is 2.24. The van der Waals surface area contributed by atoms with Crippen LogP contribution < -0.4 is 5.32 Å². The Kier molecular flexibility index (Phi) is 3.53. The van der Waals surface area contributed by atoms with Gasteiger partial charge in [0.25, 0.3) is 0 Å². The fourth-order valence-corrected chi connectivity index (χ4v) is 2.50. The van der Waals surface area contributed by atoms with E-state index in [1.54, 1.807) is 11.3 Å². The lowest BCUT2D eigenvalue weighted by atomic mass is 10.2. The van der Waals surface area contributed by atoms with Gasteiger partial charge in [0.05, 0.1) is 11.1 Å². The molecule has 0 fully saturated rings. The Morgan fingerprint density at radius 2 is 2.06 bits per heavy atom. The lowest BCUT2D eigenvalue weighted by Crippen LogP contribution is -2.11. The highest BCUT2D eigenvalue weighted by Crippen LogP contribution is 2.31. The first-order valence-corrected chi connectivity index (χ1v) is 6.17. The molecule has 84 valence electrons. The summed E-state index contributed by atoms with van der Waals surface area (Å²) in [4.78, 5) is 0. The van der Waals surface area contributed by atoms with Crippen LogP contribution >= 0.6 is 22.9 Å². The first kappa shape index (κ1) is 11.5. The van der Waals surface area contributed by atoms with Crippen LogP contribution in [-0.4, -0.2) is 17.2 Å². The molecule has 0 aliphatic heterocycles. The Morgan fingerprint density at radius 3 is 2.75 bits per heavy atom. The van der Waals surface area contributed by atoms with E-state index in [2.05, 4.69) is 22.4 Å². The first-order chi connectivity index (χ1) is 7.72. The van der Waals surface area contributed by atoms with Crippen molar-refractivity contribution < 1.29 is 0 Å². The molecule has 5 heteroatoms. The maximum atomic E-state index is 6.10. The Hall–Kier alpha value is -0.970. The fourth-order valence-electron chi connectivity index (χ4n) is 1.28. The molecule has 0 spiro atoms. The number of hydrogen-bond donors (Lipinski definition) is 1. The van der Waals surface area contributed by atoms with Crippen LogP contribution in [0.4, 0.5) is 0 Å². The Labute approximate surface area is 103 Å². The lowest BCUT2D eigenvalue weighted by molar-refractivity contribution is 0.640. The summed E-state index contributed by atoms with van der Waals surface area (Å²) in [6, 6.07) is 7.89. The SMILES string of the molecule is CNC(C)c1nnc(-c2ccccc2Cl)s1. The summed E-state index contributed by atoms with van der Waals surface area (Å²) in [5, 5.41) is 14.0. The molecule has 0 saturated carbocycles. The van der Waals surface area contributed by atoms with Crippen molar-refractivity contribution in [3.05, 3.63) is 34.3 Å². The summed E-state index contributed by atoms with van der Waals surface area (Å²) in [5.74, 6) is 0. The number of hydrogen-bond acceptors (Lipinski definition) is 4. The summed E-state index contributed by atoms with van der Waals surface area (Å²) >= 11 is 7.67. The van der Waals surface area contributed by atoms with Gasteiger partial charge in [-0.05, 0) is 20.0 Å². The minimum atomic E-state index is 0.216. The molecule has 0 bridgehead atoms. The number of benzene rings is 1. The minimum Gasteiger partial charge on any atom is -0.311 e. The van der Waals surface area contributed by atoms with Gasteiger partial charge >= 0.3 is 0 Å². The van der Waals surface area contributed by atoms with Crippen LogP contribution in [-0.2, 0) is 0 Å². The zero-order chi connectivity index (χ0) is 11.5. The van der Waals surface area contributed by atoms with E-state index in [-0.39, 0.29) is 6.04 Å². The summed E-state index contributed by atoms with van der Waals surface area (Å²) in [6.45, 7) is 2.05. The van der Waals surface area contributed by atoms with E-state index in [4.69, 9.17) is 11.6 Å². The number of rotatable bonds is 3. The topological polar surface area (TPSA) is 37.8 Å². The zero-order valence-corrected chi connectivity index (χ0v) is 10.6. The molecular formula is C11H12ClN3S. The maximum absolute atomic E-state index is 6.10. The van der Waals surface area contributed by atoms with Crippen molar-refractivity contribution in [2.45, 2.75) is 13.0 Å². The van der Waals surface area contributed by atoms with Crippen molar-refractivity contribution in [3.8, 4) is 10.6 Å². The van der Waals surface area contributed by atoms with Crippen LogP contribution in [0.2, 0.25) is 5.02 Å². The van der Waals surface area contributed by atoms with Crippen LogP contribution in [0.1, 0.15) is 18.0 Å². The smallest absolute Gasteiger partial charge is 0.149 e. The molecule has 1 aromatic carbocycles. The van der Waals surface area contributed by atoms with E-state index in [1.807, 2.05) is 31.3 Å². The lowest BCUT2D eigenvalue weighted by Gasteiger charge is -2.03. The average molecular weight is 254 g/mol. The minimum absolute atomic E-state index is 0.216. The summed E-state index contributed by atoms with van der Waals surface area (Å²) in [7, 11) is 1.90. The van der Waals surface area contributed by atoms with Crippen LogP contribution in [0.5, 0.6) is 0 Å². The Bertz CT molecular complexity index is 484. The highest BCUT2D eigenvalue weighted by atomic mass is 35.5. The molecule has 1 aromatic heterocycles. The average Bonchev–Trinajstić information content (AvgIpc) is 2.78. The van der Waals surface area contributed by atoms with Gasteiger partial charge in [-0.1, -0.05) is 41.1 Å². The van der Waals surface area contributed by atoms with E-state index in [0.29, 0.717) is 5.02 Å². The number of nitrogens with one attached hydrogen (secondary N) is 1. The molecule has 0 aliphatic rings. The van der Waals surface area contributed by atoms with E-state index in [9.17, 15) is 0 Å². The highest BCUT2D eigenvalue weighted by molar-refractivity contribution is 7.14. The molecule has 1 atom stereocenters. The third-order valence-electron chi connectivity index (χ3n) is 2.35. The van der Waals surface area contributed by atoms with Crippen molar-refractivity contribution in [2.75, 3.05) is 7.05 Å². The predicted octanol–water partition coefficient (Wildman–Crippen LogP) is 3.14. The molecule has 0 saturated heterocycles. The van der Waals surface area contributed by atoms with E-state index in [0.717, 1.165) is 15.6 Å². The number of nitrogens with zero attached hydrogens (tertiary/aromatic N) is 2. The van der Waals surface area contributed by atoms with Gasteiger partial charge in [-0.3, -0.25) is 0 Å². The van der Waals surface area contributed by atoms with Gasteiger partial charge in [0.1, 0.15) is 10.0 Å². The first-order valence-electron chi connectivity index (χ1n) is 4.98. The van der Waals surface area contributed by atoms with Crippen molar-refractivity contribution in [1.82, 2.24) is 15.5 Å². The van der Waals surface area contributed by atoms with Crippen LogP contribution in [0.15, 0.2) is 24.3 Å². The van der Waals surface area contributed by atoms with E-state index < -0.39 is 0 Å². The van der Waals surface area contributed by atoms with Crippen LogP contribution in [0.3, 0.4) is 0 Å². The molecule has 3 nitrogen and oxygen atoms in total. The van der Waals surface area contributed by atoms with Crippen molar-refractivity contribution in [3.63, 3.8) is 0 Å². The second-order valence-electron chi connectivity index (χ2n) is 3.44. The van der Waals surface area contributed by atoms with Crippen molar-refractivity contribution >= 4 is 22.9 Å². The molecule has 0 amide bonds. The molecule has 0 aliphatic carbocycles. The van der Waals surface area contributed by atoms with Gasteiger partial charge in [-0.25, -0.2) is 0 Å². The number of halogens is 1. The fraction of sp³-hybridized carbons (Fsp3) is 0.273. The molecule has 1 unspecified atom stereocenters. The van der Waals surface area contributed by atoms with Gasteiger partial charge in [-0.15, -0.1) is 10.2 Å². The second-order valence-corrected chi connectivity index (χ2v) is 4.85. The Morgan fingerprint density at radius 1 is 1.31 bits per heavy atom. The molecule has 16 heavy (non-hydrogen) atoms. The quantitative estimate of drug-likeness (QED) is 0.913. The standard InChI is InChI=1S/C11H12ClN3S/c1-7(13-2)10-14-15-11(16-10)8-5-3-4-6-9(8)12/h3-7,13H,1-2H3. The molecule has 1 heterocycles. The second kappa shape index (κ2) is 4.91. The largest absolute Gasteiger partial charge is 0.311 e. The van der Waals surface area contributed by atoms with Crippen LogP contribution in [0, 0.1) is 0 Å². The number of aromatic nitrogens is 2. The van der Waals surface area contributed by atoms with Crippen molar-refractivity contribution in [1.29, 1.82) is 0 Å². The normalized spacial score (nSPS) is 12.7.